The van der Waals surface area contributed by atoms with Crippen molar-refractivity contribution in [3.8, 4) is 0 Å². The number of para-hydroxylation sites is 1. The van der Waals surface area contributed by atoms with Crippen molar-refractivity contribution in [2.24, 2.45) is 5.92 Å². The molecule has 0 amide bonds. The smallest absolute Gasteiger partial charge is 0.139 e. The van der Waals surface area contributed by atoms with E-state index in [1.807, 2.05) is 19.2 Å². The van der Waals surface area contributed by atoms with Crippen molar-refractivity contribution in [1.29, 1.82) is 0 Å². The summed E-state index contributed by atoms with van der Waals surface area (Å²) in [6.45, 7) is 3.43. The Hall–Kier alpha value is -1.09. The molecule has 1 fully saturated rings. The topological polar surface area (TPSA) is 29.3 Å². The van der Waals surface area contributed by atoms with Gasteiger partial charge in [0.2, 0.25) is 0 Å². The molecule has 0 radical (unpaired) electrons. The second-order valence-corrected chi connectivity index (χ2v) is 4.91. The third-order valence-corrected chi connectivity index (χ3v) is 3.65. The summed E-state index contributed by atoms with van der Waals surface area (Å²) in [4.78, 5) is 2.17. The van der Waals surface area contributed by atoms with Crippen molar-refractivity contribution in [2.45, 2.75) is 19.0 Å². The summed E-state index contributed by atoms with van der Waals surface area (Å²) in [5.41, 5.74) is 5.72. The van der Waals surface area contributed by atoms with Crippen LogP contribution in [0.15, 0.2) is 24.3 Å². The molecule has 1 aliphatic heterocycles. The number of rotatable bonds is 2. The predicted molar refractivity (Wildman–Crippen MR) is 64.9 cm³/mol. The first-order valence-corrected chi connectivity index (χ1v) is 5.74. The highest BCUT2D eigenvalue weighted by molar-refractivity contribution is 5.49. The summed E-state index contributed by atoms with van der Waals surface area (Å²) >= 11 is 0. The molecule has 0 spiro atoms. The molecule has 1 heterocycles. The Labute approximate surface area is 96.2 Å². The first-order chi connectivity index (χ1) is 7.51. The van der Waals surface area contributed by atoms with Crippen molar-refractivity contribution < 1.29 is 4.39 Å². The van der Waals surface area contributed by atoms with E-state index in [2.05, 4.69) is 4.90 Å². The Balaban J connectivity index is 2.28. The van der Waals surface area contributed by atoms with E-state index < -0.39 is 5.67 Å². The van der Waals surface area contributed by atoms with Gasteiger partial charge in [0.15, 0.2) is 0 Å². The maximum absolute atomic E-state index is 14.9. The zero-order valence-electron chi connectivity index (χ0n) is 9.91. The molecule has 1 aromatic rings. The number of hydrogen-bond donors (Lipinski definition) is 1. The van der Waals surface area contributed by atoms with Crippen molar-refractivity contribution >= 4 is 5.69 Å². The Morgan fingerprint density at radius 1 is 1.44 bits per heavy atom. The molecule has 0 bridgehead atoms. The molecule has 2 unspecified atom stereocenters. The van der Waals surface area contributed by atoms with Gasteiger partial charge in [-0.15, -0.1) is 0 Å². The summed E-state index contributed by atoms with van der Waals surface area (Å²) in [6.07, 6.45) is 0.901. The Kier molecular flexibility index (Phi) is 2.89. The van der Waals surface area contributed by atoms with Gasteiger partial charge in [0, 0.05) is 23.7 Å². The average molecular weight is 222 g/mol. The van der Waals surface area contributed by atoms with Crippen LogP contribution < -0.4 is 5.73 Å². The summed E-state index contributed by atoms with van der Waals surface area (Å²) in [6, 6.07) is 7.26. The third kappa shape index (κ3) is 1.92. The van der Waals surface area contributed by atoms with E-state index in [9.17, 15) is 4.39 Å². The van der Waals surface area contributed by atoms with Gasteiger partial charge < -0.3 is 10.6 Å². The molecule has 3 heteroatoms. The number of nitrogens with two attached hydrogens (primary N) is 1. The summed E-state index contributed by atoms with van der Waals surface area (Å²) in [5, 5.41) is 0. The summed E-state index contributed by atoms with van der Waals surface area (Å²) < 4.78 is 14.9. The lowest BCUT2D eigenvalue weighted by Gasteiger charge is -2.28. The van der Waals surface area contributed by atoms with Crippen molar-refractivity contribution in [1.82, 2.24) is 4.90 Å². The van der Waals surface area contributed by atoms with E-state index in [1.165, 1.54) is 0 Å². The van der Waals surface area contributed by atoms with E-state index >= 15 is 0 Å². The monoisotopic (exact) mass is 222 g/mol. The fraction of sp³-hybridized carbons (Fsp3) is 0.538. The van der Waals surface area contributed by atoms with Gasteiger partial charge in [0.25, 0.3) is 0 Å². The van der Waals surface area contributed by atoms with Gasteiger partial charge in [-0.1, -0.05) is 18.2 Å². The minimum Gasteiger partial charge on any atom is -0.398 e. The van der Waals surface area contributed by atoms with Crippen LogP contribution in [0.5, 0.6) is 0 Å². The van der Waals surface area contributed by atoms with Crippen LogP contribution in [0.3, 0.4) is 0 Å². The van der Waals surface area contributed by atoms with Crippen LogP contribution in [0.2, 0.25) is 0 Å². The lowest BCUT2D eigenvalue weighted by atomic mass is 9.83. The van der Waals surface area contributed by atoms with E-state index in [0.29, 0.717) is 11.3 Å². The molecule has 1 aliphatic rings. The van der Waals surface area contributed by atoms with Crippen LogP contribution in [0.1, 0.15) is 18.9 Å². The van der Waals surface area contributed by atoms with Gasteiger partial charge in [-0.05, 0) is 33.0 Å². The van der Waals surface area contributed by atoms with E-state index in [-0.39, 0.29) is 5.92 Å². The fourth-order valence-corrected chi connectivity index (χ4v) is 2.54. The molecular weight excluding hydrogens is 203 g/mol. The summed E-state index contributed by atoms with van der Waals surface area (Å²) in [5.74, 6) is 0.0437. The van der Waals surface area contributed by atoms with Gasteiger partial charge in [0.05, 0.1) is 0 Å². The lowest BCUT2D eigenvalue weighted by Crippen LogP contribution is -2.30. The second kappa shape index (κ2) is 4.06. The molecule has 0 aromatic heterocycles. The third-order valence-electron chi connectivity index (χ3n) is 3.65. The van der Waals surface area contributed by atoms with E-state index in [1.54, 1.807) is 19.1 Å². The number of likely N-dealkylation sites (tertiary alicyclic amines) is 1. The van der Waals surface area contributed by atoms with E-state index in [0.717, 1.165) is 19.5 Å². The van der Waals surface area contributed by atoms with Crippen LogP contribution in [0.4, 0.5) is 10.1 Å². The highest BCUT2D eigenvalue weighted by Crippen LogP contribution is 2.40. The van der Waals surface area contributed by atoms with Gasteiger partial charge in [-0.25, -0.2) is 4.39 Å². The normalized spacial score (nSPS) is 25.6. The number of halogens is 1. The molecular formula is C13H19FN2. The van der Waals surface area contributed by atoms with Crippen molar-refractivity contribution in [2.75, 3.05) is 25.9 Å². The van der Waals surface area contributed by atoms with Gasteiger partial charge in [-0.3, -0.25) is 0 Å². The number of nitrogen functional groups attached to an aromatic ring is 1. The number of nitrogens with zero attached hydrogens (tertiary/aromatic N) is 1. The average Bonchev–Trinajstić information content (AvgIpc) is 2.66. The highest BCUT2D eigenvalue weighted by Gasteiger charge is 2.40. The molecule has 2 rings (SSSR count). The van der Waals surface area contributed by atoms with Crippen molar-refractivity contribution in [3.63, 3.8) is 0 Å². The summed E-state index contributed by atoms with van der Waals surface area (Å²) in [7, 11) is 2.03. The maximum Gasteiger partial charge on any atom is 0.139 e. The van der Waals surface area contributed by atoms with Gasteiger partial charge in [-0.2, -0.15) is 0 Å². The fourth-order valence-electron chi connectivity index (χ4n) is 2.54. The maximum atomic E-state index is 14.9. The minimum absolute atomic E-state index is 0.0437. The largest absolute Gasteiger partial charge is 0.398 e. The quantitative estimate of drug-likeness (QED) is 0.779. The predicted octanol–water partition coefficient (Wildman–Crippen LogP) is 2.41. The number of hydrogen-bond acceptors (Lipinski definition) is 2. The Morgan fingerprint density at radius 2 is 2.12 bits per heavy atom. The van der Waals surface area contributed by atoms with Crippen molar-refractivity contribution in [3.05, 3.63) is 29.8 Å². The SMILES string of the molecule is CN1CCC(C(C)(F)c2ccccc2N)C1. The zero-order chi connectivity index (χ0) is 11.8. The van der Waals surface area contributed by atoms with Gasteiger partial charge >= 0.3 is 0 Å². The Bertz CT molecular complexity index is 376. The highest BCUT2D eigenvalue weighted by atomic mass is 19.1. The second-order valence-electron chi connectivity index (χ2n) is 4.91. The van der Waals surface area contributed by atoms with Crippen LogP contribution in [-0.4, -0.2) is 25.0 Å². The molecule has 2 nitrogen and oxygen atoms in total. The molecule has 2 N–H and O–H groups in total. The zero-order valence-corrected chi connectivity index (χ0v) is 9.91. The van der Waals surface area contributed by atoms with Crippen LogP contribution in [0, 0.1) is 5.92 Å². The lowest BCUT2D eigenvalue weighted by molar-refractivity contribution is 0.107. The number of alkyl halides is 1. The molecule has 88 valence electrons. The standard InChI is InChI=1S/C13H19FN2/c1-13(14,10-7-8-16(2)9-10)11-5-3-4-6-12(11)15/h3-6,10H,7-9,15H2,1-2H3. The molecule has 16 heavy (non-hydrogen) atoms. The molecule has 1 aromatic carbocycles. The first-order valence-electron chi connectivity index (χ1n) is 5.74. The van der Waals surface area contributed by atoms with Gasteiger partial charge in [0.1, 0.15) is 5.67 Å². The molecule has 2 atom stereocenters. The van der Waals surface area contributed by atoms with Crippen LogP contribution in [-0.2, 0) is 5.67 Å². The molecule has 0 aliphatic carbocycles. The first kappa shape index (κ1) is 11.4. The van der Waals surface area contributed by atoms with Crippen LogP contribution >= 0.6 is 0 Å². The number of anilines is 1. The van der Waals surface area contributed by atoms with Crippen LogP contribution in [0.25, 0.3) is 0 Å². The Morgan fingerprint density at radius 3 is 2.69 bits per heavy atom. The molecule has 1 saturated heterocycles. The molecule has 0 saturated carbocycles. The number of benzene rings is 1. The van der Waals surface area contributed by atoms with E-state index in [4.69, 9.17) is 5.73 Å². The minimum atomic E-state index is -1.32.